The highest BCUT2D eigenvalue weighted by molar-refractivity contribution is 6.31. The van der Waals surface area contributed by atoms with Gasteiger partial charge in [-0.3, -0.25) is 4.98 Å². The molecule has 3 N–H and O–H groups in total. The lowest BCUT2D eigenvalue weighted by Crippen LogP contribution is -2.43. The van der Waals surface area contributed by atoms with Crippen LogP contribution in [0, 0.1) is 0 Å². The van der Waals surface area contributed by atoms with E-state index >= 15 is 0 Å². The van der Waals surface area contributed by atoms with Crippen LogP contribution in [0.2, 0.25) is 5.02 Å². The minimum atomic E-state index is -4.40. The van der Waals surface area contributed by atoms with Crippen molar-refractivity contribution in [3.05, 3.63) is 71.3 Å². The predicted molar refractivity (Wildman–Crippen MR) is 103 cm³/mol. The lowest BCUT2D eigenvalue weighted by Gasteiger charge is -2.21. The zero-order valence-corrected chi connectivity index (χ0v) is 15.9. The van der Waals surface area contributed by atoms with Gasteiger partial charge in [-0.2, -0.15) is 18.7 Å². The second-order valence-corrected chi connectivity index (χ2v) is 7.13. The largest absolute Gasteiger partial charge is 0.407 e. The molecule has 10 heteroatoms. The zero-order chi connectivity index (χ0) is 20.4. The maximum Gasteiger partial charge on any atom is 0.407 e. The first kappa shape index (κ1) is 19.8. The number of aryl methyl sites for hydroxylation is 2. The van der Waals surface area contributed by atoms with E-state index in [1.807, 2.05) is 35.0 Å². The molecule has 0 bridgehead atoms. The fourth-order valence-corrected chi connectivity index (χ4v) is 3.49. The molecule has 1 aromatic carbocycles. The Labute approximate surface area is 170 Å². The monoisotopic (exact) mass is 422 g/mol. The first-order valence-electron chi connectivity index (χ1n) is 8.96. The molecule has 2 unspecified atom stereocenters. The number of rotatable bonds is 5. The molecule has 0 spiro atoms. The van der Waals surface area contributed by atoms with E-state index < -0.39 is 18.3 Å². The van der Waals surface area contributed by atoms with Gasteiger partial charge in [0.05, 0.1) is 18.1 Å². The Morgan fingerprint density at radius 3 is 2.69 bits per heavy atom. The highest BCUT2D eigenvalue weighted by atomic mass is 35.5. The van der Waals surface area contributed by atoms with Crippen molar-refractivity contribution in [1.29, 1.82) is 0 Å². The molecule has 3 heterocycles. The van der Waals surface area contributed by atoms with E-state index in [1.54, 1.807) is 18.5 Å². The molecule has 2 atom stereocenters. The van der Waals surface area contributed by atoms with Gasteiger partial charge in [-0.1, -0.05) is 29.8 Å². The maximum absolute atomic E-state index is 13.2. The summed E-state index contributed by atoms with van der Waals surface area (Å²) in [5.41, 5.74) is 9.77. The van der Waals surface area contributed by atoms with Crippen LogP contribution in [0.1, 0.15) is 17.2 Å². The molecule has 6 nitrogen and oxygen atoms in total. The SMILES string of the molecule is FC(F)(F)C1NNNC1c1ccnc(-c2cn(CCc3ccccc3Cl)cn2)c1. The van der Waals surface area contributed by atoms with Crippen LogP contribution in [-0.4, -0.2) is 26.8 Å². The molecule has 3 aromatic rings. The van der Waals surface area contributed by atoms with Crippen LogP contribution in [0.5, 0.6) is 0 Å². The van der Waals surface area contributed by atoms with Crippen molar-refractivity contribution < 1.29 is 13.2 Å². The van der Waals surface area contributed by atoms with Crippen molar-refractivity contribution >= 4 is 11.6 Å². The number of hydrazine groups is 2. The molecule has 0 radical (unpaired) electrons. The van der Waals surface area contributed by atoms with E-state index in [-0.39, 0.29) is 0 Å². The highest BCUT2D eigenvalue weighted by Crippen LogP contribution is 2.32. The van der Waals surface area contributed by atoms with Crippen LogP contribution in [0.3, 0.4) is 0 Å². The van der Waals surface area contributed by atoms with Gasteiger partial charge in [-0.25, -0.2) is 15.8 Å². The summed E-state index contributed by atoms with van der Waals surface area (Å²) in [6, 6.07) is 8.09. The molecule has 1 aliphatic rings. The second kappa shape index (κ2) is 8.11. The van der Waals surface area contributed by atoms with Crippen molar-refractivity contribution in [3.63, 3.8) is 0 Å². The summed E-state index contributed by atoms with van der Waals surface area (Å²) in [5.74, 6) is 0. The van der Waals surface area contributed by atoms with Gasteiger partial charge in [0.25, 0.3) is 0 Å². The molecule has 1 aliphatic heterocycles. The molecule has 29 heavy (non-hydrogen) atoms. The van der Waals surface area contributed by atoms with E-state index in [1.165, 1.54) is 6.20 Å². The molecule has 1 saturated heterocycles. The van der Waals surface area contributed by atoms with Crippen LogP contribution in [-0.2, 0) is 13.0 Å². The molecule has 152 valence electrons. The maximum atomic E-state index is 13.2. The van der Waals surface area contributed by atoms with E-state index in [0.717, 1.165) is 12.0 Å². The predicted octanol–water partition coefficient (Wildman–Crippen LogP) is 3.43. The molecule has 0 saturated carbocycles. The molecule has 0 aliphatic carbocycles. The van der Waals surface area contributed by atoms with Crippen LogP contribution < -0.4 is 16.4 Å². The van der Waals surface area contributed by atoms with Crippen LogP contribution >= 0.6 is 11.6 Å². The number of alkyl halides is 3. The Balaban J connectivity index is 1.50. The Kier molecular flexibility index (Phi) is 5.55. The smallest absolute Gasteiger partial charge is 0.336 e. The van der Waals surface area contributed by atoms with Gasteiger partial charge in [0.1, 0.15) is 11.7 Å². The Morgan fingerprint density at radius 2 is 1.90 bits per heavy atom. The Morgan fingerprint density at radius 1 is 1.07 bits per heavy atom. The molecule has 1 fully saturated rings. The van der Waals surface area contributed by atoms with Gasteiger partial charge in [-0.05, 0) is 35.7 Å². The van der Waals surface area contributed by atoms with Gasteiger partial charge in [0.2, 0.25) is 0 Å². The fraction of sp³-hybridized carbons (Fsp3) is 0.263. The number of pyridine rings is 1. The number of aromatic nitrogens is 3. The first-order valence-corrected chi connectivity index (χ1v) is 9.34. The summed E-state index contributed by atoms with van der Waals surface area (Å²) in [6.07, 6.45) is 1.32. The average molecular weight is 423 g/mol. The van der Waals surface area contributed by atoms with Crippen LogP contribution in [0.4, 0.5) is 13.2 Å². The van der Waals surface area contributed by atoms with Gasteiger partial charge < -0.3 is 4.57 Å². The van der Waals surface area contributed by atoms with E-state index in [0.29, 0.717) is 28.5 Å². The quantitative estimate of drug-likeness (QED) is 0.588. The summed E-state index contributed by atoms with van der Waals surface area (Å²) < 4.78 is 41.5. The van der Waals surface area contributed by atoms with Crippen molar-refractivity contribution in [2.24, 2.45) is 0 Å². The minimum Gasteiger partial charge on any atom is -0.336 e. The third-order valence-electron chi connectivity index (χ3n) is 4.78. The normalized spacial score (nSPS) is 19.6. The third kappa shape index (κ3) is 4.43. The first-order chi connectivity index (χ1) is 13.9. The number of nitrogens with zero attached hydrogens (tertiary/aromatic N) is 3. The average Bonchev–Trinajstić information content (AvgIpc) is 3.37. The van der Waals surface area contributed by atoms with Crippen molar-refractivity contribution in [2.45, 2.75) is 31.2 Å². The lowest BCUT2D eigenvalue weighted by atomic mass is 10.0. The molecular weight excluding hydrogens is 405 g/mol. The van der Waals surface area contributed by atoms with Gasteiger partial charge in [0.15, 0.2) is 0 Å². The second-order valence-electron chi connectivity index (χ2n) is 6.72. The fourth-order valence-electron chi connectivity index (χ4n) is 3.26. The standard InChI is InChI=1S/C19H18ClF3N6/c20-14-4-2-1-3-12(14)6-8-29-10-16(25-11-29)15-9-13(5-7-24-15)17-18(19(21,22)23)27-28-26-17/h1-5,7,9-11,17-18,26-28H,6,8H2. The summed E-state index contributed by atoms with van der Waals surface area (Å²) in [5, 5.41) is 0.715. The van der Waals surface area contributed by atoms with Crippen LogP contribution in [0.15, 0.2) is 55.1 Å². The molecule has 0 amide bonds. The summed E-state index contributed by atoms with van der Waals surface area (Å²) in [4.78, 5) is 8.62. The minimum absolute atomic E-state index is 0.459. The van der Waals surface area contributed by atoms with Crippen molar-refractivity contribution in [1.82, 2.24) is 30.9 Å². The highest BCUT2D eigenvalue weighted by Gasteiger charge is 2.48. The number of benzene rings is 1. The molecule has 4 rings (SSSR count). The number of hydrogen-bond donors (Lipinski definition) is 3. The molecule has 2 aromatic heterocycles. The topological polar surface area (TPSA) is 66.8 Å². The van der Waals surface area contributed by atoms with Crippen molar-refractivity contribution in [3.8, 4) is 11.4 Å². The molecular formula is C19H18ClF3N6. The third-order valence-corrected chi connectivity index (χ3v) is 5.15. The van der Waals surface area contributed by atoms with Gasteiger partial charge in [-0.15, -0.1) is 0 Å². The summed E-state index contributed by atoms with van der Waals surface area (Å²) in [7, 11) is 0. The number of halogens is 4. The summed E-state index contributed by atoms with van der Waals surface area (Å²) >= 11 is 6.18. The van der Waals surface area contributed by atoms with Crippen molar-refractivity contribution in [2.75, 3.05) is 0 Å². The lowest BCUT2D eigenvalue weighted by molar-refractivity contribution is -0.156. The Bertz CT molecular complexity index is 990. The van der Waals surface area contributed by atoms with Gasteiger partial charge >= 0.3 is 6.18 Å². The number of hydrogen-bond acceptors (Lipinski definition) is 5. The Hall–Kier alpha value is -2.46. The zero-order valence-electron chi connectivity index (χ0n) is 15.1. The van der Waals surface area contributed by atoms with Gasteiger partial charge in [0, 0.05) is 24.0 Å². The summed E-state index contributed by atoms with van der Waals surface area (Å²) in [6.45, 7) is 0.671. The number of imidazole rings is 1. The van der Waals surface area contributed by atoms with E-state index in [2.05, 4.69) is 26.4 Å². The van der Waals surface area contributed by atoms with Crippen LogP contribution in [0.25, 0.3) is 11.4 Å². The van der Waals surface area contributed by atoms with E-state index in [4.69, 9.17) is 11.6 Å². The number of nitrogens with one attached hydrogen (secondary N) is 3. The van der Waals surface area contributed by atoms with E-state index in [9.17, 15) is 13.2 Å².